The molecule has 0 bridgehead atoms. The highest BCUT2D eigenvalue weighted by Crippen LogP contribution is 2.15. The molecule has 8 nitrogen and oxygen atoms in total. The van der Waals surface area contributed by atoms with Gasteiger partial charge in [0.2, 0.25) is 0 Å². The van der Waals surface area contributed by atoms with Crippen molar-refractivity contribution in [3.8, 4) is 0 Å². The molecule has 2 rings (SSSR count). The van der Waals surface area contributed by atoms with Gasteiger partial charge in [-0.15, -0.1) is 10.2 Å². The van der Waals surface area contributed by atoms with Gasteiger partial charge in [0.15, 0.2) is 5.82 Å². The summed E-state index contributed by atoms with van der Waals surface area (Å²) >= 11 is 0. The van der Waals surface area contributed by atoms with Crippen LogP contribution in [0, 0.1) is 0 Å². The van der Waals surface area contributed by atoms with Gasteiger partial charge in [0.25, 0.3) is 0 Å². The molecule has 0 radical (unpaired) electrons. The van der Waals surface area contributed by atoms with E-state index in [9.17, 15) is 9.59 Å². The van der Waals surface area contributed by atoms with Gasteiger partial charge in [0, 0.05) is 7.05 Å². The number of aryl methyl sites for hydroxylation is 1. The predicted octanol–water partition coefficient (Wildman–Crippen LogP) is 1.40. The number of hydrogen-bond donors (Lipinski definition) is 3. The number of aromatic carboxylic acids is 1. The minimum absolute atomic E-state index is 0.0268. The maximum absolute atomic E-state index is 11.9. The predicted molar refractivity (Wildman–Crippen MR) is 75.0 cm³/mol. The molecular formula is C13H15N5O3. The van der Waals surface area contributed by atoms with Gasteiger partial charge >= 0.3 is 12.0 Å². The van der Waals surface area contributed by atoms with E-state index in [4.69, 9.17) is 5.11 Å². The number of nitrogens with one attached hydrogen (secondary N) is 2. The average Bonchev–Trinajstić information content (AvgIpc) is 2.85. The Kier molecular flexibility index (Phi) is 4.17. The van der Waals surface area contributed by atoms with Crippen molar-refractivity contribution in [2.75, 3.05) is 5.32 Å². The Bertz CT molecular complexity index is 667. The van der Waals surface area contributed by atoms with Crippen LogP contribution < -0.4 is 10.6 Å². The number of aromatic nitrogens is 3. The minimum atomic E-state index is -1.10. The Labute approximate surface area is 120 Å². The van der Waals surface area contributed by atoms with E-state index in [-0.39, 0.29) is 17.3 Å². The number of amides is 2. The maximum Gasteiger partial charge on any atom is 0.337 e. The van der Waals surface area contributed by atoms with E-state index in [0.29, 0.717) is 5.82 Å². The van der Waals surface area contributed by atoms with Gasteiger partial charge in [0.1, 0.15) is 6.33 Å². The summed E-state index contributed by atoms with van der Waals surface area (Å²) in [5.41, 5.74) is 0.256. The Morgan fingerprint density at radius 1 is 1.33 bits per heavy atom. The first kappa shape index (κ1) is 14.5. The number of anilines is 1. The molecule has 0 saturated carbocycles. The molecule has 0 aliphatic carbocycles. The number of nitrogens with zero attached hydrogens (tertiary/aromatic N) is 3. The molecule has 8 heteroatoms. The third-order valence-corrected chi connectivity index (χ3v) is 2.89. The van der Waals surface area contributed by atoms with Crippen LogP contribution in [0.2, 0.25) is 0 Å². The largest absolute Gasteiger partial charge is 0.478 e. The first-order chi connectivity index (χ1) is 9.99. The number of urea groups is 1. The molecule has 2 aromatic rings. The van der Waals surface area contributed by atoms with Gasteiger partial charge in [-0.2, -0.15) is 0 Å². The highest BCUT2D eigenvalue weighted by Gasteiger charge is 2.16. The third-order valence-electron chi connectivity index (χ3n) is 2.89. The van der Waals surface area contributed by atoms with E-state index in [2.05, 4.69) is 20.8 Å². The molecule has 21 heavy (non-hydrogen) atoms. The Morgan fingerprint density at radius 2 is 2.05 bits per heavy atom. The highest BCUT2D eigenvalue weighted by atomic mass is 16.4. The number of rotatable bonds is 4. The lowest BCUT2D eigenvalue weighted by molar-refractivity contribution is 0.0698. The number of para-hydroxylation sites is 1. The van der Waals surface area contributed by atoms with Crippen molar-refractivity contribution in [1.29, 1.82) is 0 Å². The number of benzene rings is 1. The third kappa shape index (κ3) is 3.35. The van der Waals surface area contributed by atoms with E-state index in [1.165, 1.54) is 18.5 Å². The van der Waals surface area contributed by atoms with Crippen molar-refractivity contribution >= 4 is 17.7 Å². The summed E-state index contributed by atoms with van der Waals surface area (Å²) in [4.78, 5) is 23.0. The Morgan fingerprint density at radius 3 is 2.67 bits per heavy atom. The molecule has 1 unspecified atom stereocenters. The zero-order valence-corrected chi connectivity index (χ0v) is 11.6. The summed E-state index contributed by atoms with van der Waals surface area (Å²) in [6.45, 7) is 1.76. The van der Waals surface area contributed by atoms with Crippen LogP contribution in [-0.2, 0) is 7.05 Å². The molecular weight excluding hydrogens is 274 g/mol. The second-order valence-corrected chi connectivity index (χ2v) is 4.47. The first-order valence-corrected chi connectivity index (χ1v) is 6.22. The van der Waals surface area contributed by atoms with Crippen LogP contribution >= 0.6 is 0 Å². The van der Waals surface area contributed by atoms with Crippen LogP contribution in [0.3, 0.4) is 0 Å². The van der Waals surface area contributed by atoms with Crippen molar-refractivity contribution in [1.82, 2.24) is 20.1 Å². The highest BCUT2D eigenvalue weighted by molar-refractivity contribution is 5.99. The molecule has 1 atom stereocenters. The fourth-order valence-corrected chi connectivity index (χ4v) is 1.88. The van der Waals surface area contributed by atoms with Gasteiger partial charge in [-0.1, -0.05) is 12.1 Å². The summed E-state index contributed by atoms with van der Waals surface area (Å²) in [6, 6.07) is 5.30. The normalized spacial score (nSPS) is 11.7. The van der Waals surface area contributed by atoms with Crippen molar-refractivity contribution in [3.63, 3.8) is 0 Å². The maximum atomic E-state index is 11.9. The van der Waals surface area contributed by atoms with Crippen LogP contribution in [0.5, 0.6) is 0 Å². The topological polar surface area (TPSA) is 109 Å². The van der Waals surface area contributed by atoms with Gasteiger partial charge in [-0.3, -0.25) is 0 Å². The van der Waals surface area contributed by atoms with Gasteiger partial charge in [-0.25, -0.2) is 9.59 Å². The molecule has 1 heterocycles. The quantitative estimate of drug-likeness (QED) is 0.788. The van der Waals surface area contributed by atoms with Crippen LogP contribution in [-0.4, -0.2) is 31.9 Å². The van der Waals surface area contributed by atoms with E-state index in [0.717, 1.165) is 0 Å². The molecule has 0 fully saturated rings. The Hall–Kier alpha value is -2.90. The molecule has 0 aliphatic heterocycles. The molecule has 0 spiro atoms. The number of hydrogen-bond acceptors (Lipinski definition) is 4. The van der Waals surface area contributed by atoms with Crippen molar-refractivity contribution in [3.05, 3.63) is 42.0 Å². The van der Waals surface area contributed by atoms with Crippen LogP contribution in [0.25, 0.3) is 0 Å². The molecule has 1 aromatic heterocycles. The second kappa shape index (κ2) is 6.04. The monoisotopic (exact) mass is 289 g/mol. The number of carboxylic acid groups (broad SMARTS) is 1. The Balaban J connectivity index is 2.06. The summed E-state index contributed by atoms with van der Waals surface area (Å²) in [5, 5.41) is 21.9. The molecule has 1 aromatic carbocycles. The average molecular weight is 289 g/mol. The smallest absolute Gasteiger partial charge is 0.337 e. The molecule has 110 valence electrons. The van der Waals surface area contributed by atoms with Crippen LogP contribution in [0.4, 0.5) is 10.5 Å². The molecule has 0 saturated heterocycles. The van der Waals surface area contributed by atoms with E-state index >= 15 is 0 Å². The zero-order valence-electron chi connectivity index (χ0n) is 11.6. The van der Waals surface area contributed by atoms with E-state index in [1.807, 2.05) is 0 Å². The lowest BCUT2D eigenvalue weighted by Crippen LogP contribution is -2.32. The van der Waals surface area contributed by atoms with Crippen LogP contribution in [0.15, 0.2) is 30.6 Å². The van der Waals surface area contributed by atoms with E-state index in [1.54, 1.807) is 30.7 Å². The zero-order chi connectivity index (χ0) is 15.4. The lowest BCUT2D eigenvalue weighted by Gasteiger charge is -2.14. The summed E-state index contributed by atoms with van der Waals surface area (Å²) in [7, 11) is 1.77. The summed E-state index contributed by atoms with van der Waals surface area (Å²) in [6.07, 6.45) is 1.53. The second-order valence-electron chi connectivity index (χ2n) is 4.47. The van der Waals surface area contributed by atoms with Gasteiger partial charge in [-0.05, 0) is 19.1 Å². The summed E-state index contributed by atoms with van der Waals surface area (Å²) < 4.78 is 1.69. The molecule has 0 aliphatic rings. The standard InChI is InChI=1S/C13H15N5O3/c1-8(11-17-14-7-18(11)2)15-13(21)16-10-6-4-3-5-9(10)12(19)20/h3-8H,1-2H3,(H,19,20)(H2,15,16,21). The fraction of sp³-hybridized carbons (Fsp3) is 0.231. The van der Waals surface area contributed by atoms with E-state index < -0.39 is 12.0 Å². The van der Waals surface area contributed by atoms with Crippen molar-refractivity contribution < 1.29 is 14.7 Å². The first-order valence-electron chi connectivity index (χ1n) is 6.22. The van der Waals surface area contributed by atoms with Crippen LogP contribution in [0.1, 0.15) is 29.1 Å². The lowest BCUT2D eigenvalue weighted by atomic mass is 10.2. The van der Waals surface area contributed by atoms with Crippen molar-refractivity contribution in [2.24, 2.45) is 7.05 Å². The van der Waals surface area contributed by atoms with Gasteiger partial charge < -0.3 is 20.3 Å². The molecule has 2 amide bonds. The summed E-state index contributed by atoms with van der Waals surface area (Å²) in [5.74, 6) is -0.510. The number of carbonyl (C=O) groups excluding carboxylic acids is 1. The number of carboxylic acids is 1. The van der Waals surface area contributed by atoms with Crippen molar-refractivity contribution in [2.45, 2.75) is 13.0 Å². The molecule has 3 N–H and O–H groups in total. The SMILES string of the molecule is CC(NC(=O)Nc1ccccc1C(=O)O)c1nncn1C. The minimum Gasteiger partial charge on any atom is -0.478 e. The van der Waals surface area contributed by atoms with Gasteiger partial charge in [0.05, 0.1) is 17.3 Å². The number of carbonyl (C=O) groups is 2. The fourth-order valence-electron chi connectivity index (χ4n) is 1.88.